The third-order valence-electron chi connectivity index (χ3n) is 5.58. The van der Waals surface area contributed by atoms with Crippen molar-refractivity contribution < 1.29 is 19.0 Å². The molecule has 0 bridgehead atoms. The third kappa shape index (κ3) is 8.56. The number of ether oxygens (including phenoxy) is 3. The minimum absolute atomic E-state index is 0.417. The molecule has 0 spiro atoms. The monoisotopic (exact) mass is 474 g/mol. The summed E-state index contributed by atoms with van der Waals surface area (Å²) in [4.78, 5) is 12.6. The van der Waals surface area contributed by atoms with Crippen LogP contribution in [-0.2, 0) is 0 Å². The van der Waals surface area contributed by atoms with Crippen molar-refractivity contribution in [3.05, 3.63) is 77.9 Å². The minimum Gasteiger partial charge on any atom is -0.497 e. The lowest BCUT2D eigenvalue weighted by molar-refractivity contribution is 0.0734. The van der Waals surface area contributed by atoms with Crippen LogP contribution < -0.4 is 14.2 Å². The largest absolute Gasteiger partial charge is 0.497 e. The number of nitrogens with zero attached hydrogens (tertiary/aromatic N) is 2. The molecule has 6 nitrogen and oxygen atoms in total. The standard InChI is InChI=1S/C29H34N2O4/c1-4-5-6-7-8-9-20-34-26-14-10-23(11-15-26)29(32)35-27-18-19-28(22(2)21-27)31-30-24-12-16-25(33-3)17-13-24/h10-19,21H,4-9,20H2,1-3H3. The van der Waals surface area contributed by atoms with E-state index in [0.29, 0.717) is 23.6 Å². The molecule has 0 aliphatic carbocycles. The highest BCUT2D eigenvalue weighted by molar-refractivity contribution is 5.91. The Morgan fingerprint density at radius 3 is 2.11 bits per heavy atom. The fourth-order valence-corrected chi connectivity index (χ4v) is 3.49. The van der Waals surface area contributed by atoms with Crippen LogP contribution in [0, 0.1) is 6.92 Å². The van der Waals surface area contributed by atoms with Crippen LogP contribution in [0.15, 0.2) is 77.0 Å². The van der Waals surface area contributed by atoms with Gasteiger partial charge in [-0.1, -0.05) is 39.0 Å². The Kier molecular flexibility index (Phi) is 10.3. The predicted molar refractivity (Wildman–Crippen MR) is 139 cm³/mol. The first-order valence-electron chi connectivity index (χ1n) is 12.2. The average Bonchev–Trinajstić information content (AvgIpc) is 2.88. The van der Waals surface area contributed by atoms with Crippen LogP contribution >= 0.6 is 0 Å². The molecule has 0 saturated heterocycles. The van der Waals surface area contributed by atoms with Gasteiger partial charge in [-0.2, -0.15) is 10.2 Å². The van der Waals surface area contributed by atoms with E-state index in [1.807, 2.05) is 43.3 Å². The number of rotatable bonds is 13. The number of methoxy groups -OCH3 is 1. The second-order valence-corrected chi connectivity index (χ2v) is 8.38. The number of carbonyl (C=O) groups excluding carboxylic acids is 1. The second-order valence-electron chi connectivity index (χ2n) is 8.38. The van der Waals surface area contributed by atoms with Crippen molar-refractivity contribution in [2.24, 2.45) is 10.2 Å². The Hall–Kier alpha value is -3.67. The van der Waals surface area contributed by atoms with Crippen LogP contribution in [0.5, 0.6) is 17.2 Å². The molecule has 0 amide bonds. The van der Waals surface area contributed by atoms with Gasteiger partial charge in [0.05, 0.1) is 30.7 Å². The Labute approximate surface area is 208 Å². The Morgan fingerprint density at radius 1 is 0.771 bits per heavy atom. The molecule has 0 aliphatic rings. The molecule has 0 unspecified atom stereocenters. The molecule has 0 atom stereocenters. The lowest BCUT2D eigenvalue weighted by atomic mass is 10.1. The van der Waals surface area contributed by atoms with Gasteiger partial charge in [0, 0.05) is 0 Å². The maximum atomic E-state index is 12.6. The normalized spacial score (nSPS) is 10.9. The van der Waals surface area contributed by atoms with Crippen LogP contribution in [0.1, 0.15) is 61.4 Å². The number of carbonyl (C=O) groups is 1. The van der Waals surface area contributed by atoms with Crippen molar-refractivity contribution in [2.45, 2.75) is 52.4 Å². The van der Waals surface area contributed by atoms with Crippen molar-refractivity contribution in [1.29, 1.82) is 0 Å². The van der Waals surface area contributed by atoms with E-state index in [1.165, 1.54) is 32.1 Å². The van der Waals surface area contributed by atoms with E-state index in [9.17, 15) is 4.79 Å². The maximum absolute atomic E-state index is 12.6. The fraction of sp³-hybridized carbons (Fsp3) is 0.345. The van der Waals surface area contributed by atoms with Crippen LogP contribution in [0.2, 0.25) is 0 Å². The van der Waals surface area contributed by atoms with Gasteiger partial charge in [0.25, 0.3) is 0 Å². The molecule has 0 aliphatic heterocycles. The molecule has 3 rings (SSSR count). The van der Waals surface area contributed by atoms with E-state index in [1.54, 1.807) is 37.4 Å². The van der Waals surface area contributed by atoms with Gasteiger partial charge in [-0.25, -0.2) is 4.79 Å². The molecule has 184 valence electrons. The molecular weight excluding hydrogens is 440 g/mol. The van der Waals surface area contributed by atoms with Crippen molar-refractivity contribution in [2.75, 3.05) is 13.7 Å². The summed E-state index contributed by atoms with van der Waals surface area (Å²) in [5.41, 5.74) is 2.75. The number of benzene rings is 3. The van der Waals surface area contributed by atoms with E-state index in [0.717, 1.165) is 29.2 Å². The lowest BCUT2D eigenvalue weighted by Gasteiger charge is -2.08. The third-order valence-corrected chi connectivity index (χ3v) is 5.58. The molecule has 0 saturated carbocycles. The number of hydrogen-bond acceptors (Lipinski definition) is 6. The van der Waals surface area contributed by atoms with E-state index in [-0.39, 0.29) is 0 Å². The SMILES string of the molecule is CCCCCCCCOc1ccc(C(=O)Oc2ccc(N=Nc3ccc(OC)cc3)c(C)c2)cc1. The summed E-state index contributed by atoms with van der Waals surface area (Å²) in [5, 5.41) is 8.55. The average molecular weight is 475 g/mol. The molecule has 3 aromatic carbocycles. The molecule has 0 heterocycles. The highest BCUT2D eigenvalue weighted by atomic mass is 16.5. The van der Waals surface area contributed by atoms with Crippen LogP contribution in [-0.4, -0.2) is 19.7 Å². The van der Waals surface area contributed by atoms with Gasteiger partial charge in [-0.15, -0.1) is 0 Å². The van der Waals surface area contributed by atoms with E-state index in [4.69, 9.17) is 14.2 Å². The summed E-state index contributed by atoms with van der Waals surface area (Å²) < 4.78 is 16.5. The van der Waals surface area contributed by atoms with Crippen molar-refractivity contribution in [1.82, 2.24) is 0 Å². The summed E-state index contributed by atoms with van der Waals surface area (Å²) in [7, 11) is 1.62. The zero-order chi connectivity index (χ0) is 24.9. The summed E-state index contributed by atoms with van der Waals surface area (Å²) in [5.74, 6) is 1.57. The van der Waals surface area contributed by atoms with Gasteiger partial charge in [0.15, 0.2) is 0 Å². The van der Waals surface area contributed by atoms with Crippen molar-refractivity contribution >= 4 is 17.3 Å². The molecule has 0 fully saturated rings. The summed E-state index contributed by atoms with van der Waals surface area (Å²) >= 11 is 0. The Balaban J connectivity index is 1.49. The van der Waals surface area contributed by atoms with Gasteiger partial charge in [0.1, 0.15) is 17.2 Å². The van der Waals surface area contributed by atoms with Crippen LogP contribution in [0.4, 0.5) is 11.4 Å². The first-order chi connectivity index (χ1) is 17.1. The quantitative estimate of drug-likeness (QED) is 0.108. The predicted octanol–water partition coefficient (Wildman–Crippen LogP) is 8.38. The summed E-state index contributed by atoms with van der Waals surface area (Å²) in [6.07, 6.45) is 7.34. The van der Waals surface area contributed by atoms with E-state index < -0.39 is 5.97 Å². The first kappa shape index (κ1) is 25.9. The van der Waals surface area contributed by atoms with Gasteiger partial charge < -0.3 is 14.2 Å². The fourth-order valence-electron chi connectivity index (χ4n) is 3.49. The lowest BCUT2D eigenvalue weighted by Crippen LogP contribution is -2.08. The molecular formula is C29H34N2O4. The zero-order valence-electron chi connectivity index (χ0n) is 20.8. The van der Waals surface area contributed by atoms with Crippen molar-refractivity contribution in [3.8, 4) is 17.2 Å². The topological polar surface area (TPSA) is 69.5 Å². The molecule has 0 radical (unpaired) electrons. The zero-order valence-corrected chi connectivity index (χ0v) is 20.8. The van der Waals surface area contributed by atoms with Gasteiger partial charge in [-0.3, -0.25) is 0 Å². The first-order valence-corrected chi connectivity index (χ1v) is 12.2. The smallest absolute Gasteiger partial charge is 0.343 e. The molecule has 0 aromatic heterocycles. The second kappa shape index (κ2) is 13.9. The summed E-state index contributed by atoms with van der Waals surface area (Å²) in [6, 6.07) is 19.7. The molecule has 6 heteroatoms. The van der Waals surface area contributed by atoms with E-state index in [2.05, 4.69) is 17.2 Å². The Bertz CT molecular complexity index is 1090. The maximum Gasteiger partial charge on any atom is 0.343 e. The van der Waals surface area contributed by atoms with Crippen LogP contribution in [0.25, 0.3) is 0 Å². The summed E-state index contributed by atoms with van der Waals surface area (Å²) in [6.45, 7) is 4.81. The van der Waals surface area contributed by atoms with Gasteiger partial charge in [0.2, 0.25) is 0 Å². The van der Waals surface area contributed by atoms with Gasteiger partial charge in [-0.05, 0) is 85.6 Å². The van der Waals surface area contributed by atoms with Crippen molar-refractivity contribution in [3.63, 3.8) is 0 Å². The number of esters is 1. The van der Waals surface area contributed by atoms with Gasteiger partial charge >= 0.3 is 5.97 Å². The Morgan fingerprint density at radius 2 is 1.43 bits per heavy atom. The number of aryl methyl sites for hydroxylation is 1. The number of hydrogen-bond donors (Lipinski definition) is 0. The number of azo groups is 1. The highest BCUT2D eigenvalue weighted by Gasteiger charge is 2.10. The number of unbranched alkanes of at least 4 members (excludes halogenated alkanes) is 5. The molecule has 0 N–H and O–H groups in total. The van der Waals surface area contributed by atoms with Crippen LogP contribution in [0.3, 0.4) is 0 Å². The minimum atomic E-state index is -0.417. The molecule has 3 aromatic rings. The highest BCUT2D eigenvalue weighted by Crippen LogP contribution is 2.27. The van der Waals surface area contributed by atoms with E-state index >= 15 is 0 Å². The molecule has 35 heavy (non-hydrogen) atoms.